The van der Waals surface area contributed by atoms with E-state index in [1.807, 2.05) is 0 Å². The van der Waals surface area contributed by atoms with Crippen LogP contribution in [0, 0.1) is 5.82 Å². The minimum Gasteiger partial charge on any atom is -0.507 e. The molecule has 0 radical (unpaired) electrons. The number of aromatic nitrogens is 2. The third-order valence-corrected chi connectivity index (χ3v) is 13.0. The first-order valence-electron chi connectivity index (χ1n) is 23.8. The standard InChI is InChI=1S/C54H49ClFN9O10/c1-72-43-13-8-11-39(56)47(43)49-37-21-30(55)14-16-34(37)48-29(25-58-49)26-59-54(62-48)60-31-15-17-36(42(67)22-31)51(69)57-20-6-4-5-9-33(66)28-75-50-44(73-2)23-32(24-45(50)74-3)63-64-40-12-7-10-35-38(40)27-65(53(35)71)41-18-19-46(68)61-52(41)70/h7-8,10-17,21-24,26,41,67H,4-6,9,18-20,25,27-28H2,1-3H3,(H,57,69)(H,59,60,62)(H,61,68,70). The number of aliphatic imine (C=N–C) groups is 1. The highest BCUT2D eigenvalue weighted by Crippen LogP contribution is 2.43. The van der Waals surface area contributed by atoms with Crippen LogP contribution in [-0.4, -0.2) is 95.6 Å². The molecule has 4 N–H and O–H groups in total. The maximum Gasteiger partial charge on any atom is 0.255 e. The van der Waals surface area contributed by atoms with E-state index in [2.05, 4.69) is 31.2 Å². The zero-order valence-electron chi connectivity index (χ0n) is 40.9. The number of piperidine rings is 1. The number of imide groups is 1. The van der Waals surface area contributed by atoms with Gasteiger partial charge in [0, 0.05) is 88.9 Å². The fourth-order valence-corrected chi connectivity index (χ4v) is 9.19. The number of amides is 4. The van der Waals surface area contributed by atoms with E-state index in [0.29, 0.717) is 92.9 Å². The zero-order valence-corrected chi connectivity index (χ0v) is 41.6. The van der Waals surface area contributed by atoms with E-state index in [-0.39, 0.29) is 96.6 Å². The van der Waals surface area contributed by atoms with Crippen LogP contribution in [0.2, 0.25) is 5.02 Å². The van der Waals surface area contributed by atoms with Crippen molar-refractivity contribution in [1.82, 2.24) is 25.5 Å². The molecule has 1 fully saturated rings. The van der Waals surface area contributed by atoms with Gasteiger partial charge in [-0.3, -0.25) is 34.3 Å². The first-order valence-corrected chi connectivity index (χ1v) is 24.2. The lowest BCUT2D eigenvalue weighted by molar-refractivity contribution is -0.137. The summed E-state index contributed by atoms with van der Waals surface area (Å²) in [5.74, 6) is -1.41. The molecule has 5 aromatic carbocycles. The first kappa shape index (κ1) is 51.1. The number of carbonyl (C=O) groups excluding carboxylic acids is 5. The second-order valence-electron chi connectivity index (χ2n) is 17.6. The predicted molar refractivity (Wildman–Crippen MR) is 274 cm³/mol. The van der Waals surface area contributed by atoms with Crippen molar-refractivity contribution in [2.75, 3.05) is 39.8 Å². The molecule has 384 valence electrons. The van der Waals surface area contributed by atoms with Crippen molar-refractivity contribution < 1.29 is 52.4 Å². The average Bonchev–Trinajstić information content (AvgIpc) is 3.66. The zero-order chi connectivity index (χ0) is 52.8. The lowest BCUT2D eigenvalue weighted by atomic mass is 9.94. The Hall–Kier alpha value is -8.78. The lowest BCUT2D eigenvalue weighted by Crippen LogP contribution is -2.52. The van der Waals surface area contributed by atoms with Crippen molar-refractivity contribution in [3.63, 3.8) is 0 Å². The van der Waals surface area contributed by atoms with Crippen molar-refractivity contribution in [2.45, 2.75) is 57.7 Å². The number of halogens is 2. The maximum absolute atomic E-state index is 15.3. The molecule has 0 bridgehead atoms. The molecule has 3 aliphatic heterocycles. The molecule has 0 spiro atoms. The van der Waals surface area contributed by atoms with E-state index >= 15 is 4.39 Å². The predicted octanol–water partition coefficient (Wildman–Crippen LogP) is 8.88. The van der Waals surface area contributed by atoms with E-state index in [4.69, 9.17) is 40.5 Å². The molecule has 4 amide bonds. The number of nitrogens with zero attached hydrogens (tertiary/aromatic N) is 6. The summed E-state index contributed by atoms with van der Waals surface area (Å²) in [6.45, 7) is 0.325. The molecule has 1 atom stereocenters. The molecule has 21 heteroatoms. The molecule has 1 unspecified atom stereocenters. The van der Waals surface area contributed by atoms with Gasteiger partial charge in [-0.05, 0) is 67.8 Å². The number of phenols is 1. The quantitative estimate of drug-likeness (QED) is 0.0337. The average molecular weight is 1040 g/mol. The molecule has 6 aromatic rings. The molecule has 0 saturated carbocycles. The largest absolute Gasteiger partial charge is 0.507 e. The number of hydrogen-bond acceptors (Lipinski definition) is 16. The number of rotatable bonds is 19. The lowest BCUT2D eigenvalue weighted by Gasteiger charge is -2.29. The maximum atomic E-state index is 15.3. The third-order valence-electron chi connectivity index (χ3n) is 12.8. The van der Waals surface area contributed by atoms with Crippen LogP contribution in [-0.2, 0) is 27.5 Å². The summed E-state index contributed by atoms with van der Waals surface area (Å²) in [5, 5.41) is 28.3. The van der Waals surface area contributed by atoms with Gasteiger partial charge in [-0.25, -0.2) is 14.4 Å². The Morgan fingerprint density at radius 3 is 2.44 bits per heavy atom. The van der Waals surface area contributed by atoms with Crippen LogP contribution < -0.4 is 34.9 Å². The molecular weight excluding hydrogens is 989 g/mol. The number of nitrogens with one attached hydrogen (secondary N) is 3. The number of unbranched alkanes of at least 4 members (excludes halogenated alkanes) is 2. The fourth-order valence-electron chi connectivity index (χ4n) is 9.02. The highest BCUT2D eigenvalue weighted by atomic mass is 35.5. The second kappa shape index (κ2) is 22.5. The van der Waals surface area contributed by atoms with E-state index in [1.165, 1.54) is 44.4 Å². The number of aromatic hydroxyl groups is 1. The summed E-state index contributed by atoms with van der Waals surface area (Å²) in [7, 11) is 4.33. The SMILES string of the molecule is COc1cc(N=Nc2cccc3c2CN(C2CCC(=O)NC2=O)C3=O)cc(OC)c1OCC(=O)CCCCCNC(=O)c1ccc(Nc2ncc3c(n2)-c2ccc(Cl)cc2C(c2c(F)cccc2OC)=NC3)cc1O. The Morgan fingerprint density at radius 2 is 1.68 bits per heavy atom. The monoisotopic (exact) mass is 1040 g/mol. The van der Waals surface area contributed by atoms with E-state index in [9.17, 15) is 29.1 Å². The van der Waals surface area contributed by atoms with Crippen LogP contribution in [0.1, 0.15) is 81.5 Å². The van der Waals surface area contributed by atoms with Gasteiger partial charge in [0.2, 0.25) is 23.5 Å². The van der Waals surface area contributed by atoms with Gasteiger partial charge in [0.05, 0.1) is 61.8 Å². The van der Waals surface area contributed by atoms with Crippen LogP contribution in [0.5, 0.6) is 28.7 Å². The molecular formula is C54H49ClFN9O10. The molecule has 1 aromatic heterocycles. The number of benzene rings is 5. The number of fused-ring (bicyclic) bond motifs is 4. The van der Waals surface area contributed by atoms with E-state index in [1.54, 1.807) is 72.9 Å². The summed E-state index contributed by atoms with van der Waals surface area (Å²) < 4.78 is 37.8. The second-order valence-corrected chi connectivity index (χ2v) is 18.0. The number of anilines is 2. The topological polar surface area (TPSA) is 245 Å². The first-order chi connectivity index (χ1) is 36.3. The number of ether oxygens (including phenoxy) is 4. The highest BCUT2D eigenvalue weighted by molar-refractivity contribution is 6.31. The third kappa shape index (κ3) is 11.1. The minimum atomic E-state index is -0.769. The van der Waals surface area contributed by atoms with Crippen molar-refractivity contribution in [2.24, 2.45) is 15.2 Å². The van der Waals surface area contributed by atoms with Crippen LogP contribution in [0.4, 0.5) is 27.4 Å². The number of hydrogen-bond donors (Lipinski definition) is 4. The number of azo groups is 1. The highest BCUT2D eigenvalue weighted by Gasteiger charge is 2.40. The summed E-state index contributed by atoms with van der Waals surface area (Å²) in [6.07, 6.45) is 3.96. The number of carbonyl (C=O) groups is 5. The Bertz CT molecular complexity index is 3310. The van der Waals surface area contributed by atoms with Gasteiger partial charge < -0.3 is 39.6 Å². The van der Waals surface area contributed by atoms with E-state index < -0.39 is 23.7 Å². The van der Waals surface area contributed by atoms with Gasteiger partial charge in [-0.1, -0.05) is 36.2 Å². The van der Waals surface area contributed by atoms with Crippen LogP contribution >= 0.6 is 11.6 Å². The van der Waals surface area contributed by atoms with Crippen LogP contribution in [0.3, 0.4) is 0 Å². The summed E-state index contributed by atoms with van der Waals surface area (Å²) in [4.78, 5) is 78.9. The van der Waals surface area contributed by atoms with Crippen molar-refractivity contribution in [3.8, 4) is 40.0 Å². The normalized spacial score (nSPS) is 14.8. The molecule has 4 heterocycles. The summed E-state index contributed by atoms with van der Waals surface area (Å²) >= 11 is 6.44. The van der Waals surface area contributed by atoms with Crippen molar-refractivity contribution in [3.05, 3.63) is 135 Å². The van der Waals surface area contributed by atoms with Gasteiger partial charge >= 0.3 is 0 Å². The number of phenolic OH excluding ortho intramolecular Hbond substituents is 1. The Kier molecular flexibility index (Phi) is 15.4. The molecule has 3 aliphatic rings. The molecule has 9 rings (SSSR count). The molecule has 1 saturated heterocycles. The van der Waals surface area contributed by atoms with Crippen LogP contribution in [0.15, 0.2) is 106 Å². The van der Waals surface area contributed by atoms with Gasteiger partial charge in [0.1, 0.15) is 30.0 Å². The molecule has 19 nitrogen and oxygen atoms in total. The Balaban J connectivity index is 0.741. The number of ketones is 1. The molecule has 75 heavy (non-hydrogen) atoms. The van der Waals surface area contributed by atoms with Gasteiger partial charge in [0.25, 0.3) is 11.8 Å². The van der Waals surface area contributed by atoms with Gasteiger partial charge in [-0.15, -0.1) is 0 Å². The van der Waals surface area contributed by atoms with E-state index in [0.717, 1.165) is 0 Å². The Morgan fingerprint density at radius 1 is 0.893 bits per heavy atom. The number of methoxy groups -OCH3 is 3. The minimum absolute atomic E-state index is 0.0638. The molecule has 0 aliphatic carbocycles. The van der Waals surface area contributed by atoms with Crippen molar-refractivity contribution >= 4 is 69.7 Å². The summed E-state index contributed by atoms with van der Waals surface area (Å²) in [5.41, 5.74) is 5.25. The van der Waals surface area contributed by atoms with Gasteiger partial charge in [-0.2, -0.15) is 10.2 Å². The smallest absolute Gasteiger partial charge is 0.255 e. The number of Topliss-reactive ketones (excluding diaryl/α,β-unsaturated/α-hetero) is 1. The van der Waals surface area contributed by atoms with Crippen LogP contribution in [0.25, 0.3) is 11.3 Å². The van der Waals surface area contributed by atoms with Gasteiger partial charge in [0.15, 0.2) is 17.3 Å². The Labute approximate surface area is 434 Å². The van der Waals surface area contributed by atoms with Crippen molar-refractivity contribution in [1.29, 1.82) is 0 Å². The summed E-state index contributed by atoms with van der Waals surface area (Å²) in [6, 6.07) is 21.7. The fraction of sp³-hybridized carbons (Fsp3) is 0.259.